The van der Waals surface area contributed by atoms with E-state index in [9.17, 15) is 13.6 Å². The fourth-order valence-electron chi connectivity index (χ4n) is 2.08. The third-order valence-corrected chi connectivity index (χ3v) is 4.20. The predicted octanol–water partition coefficient (Wildman–Crippen LogP) is 1.85. The molecule has 0 aromatic carbocycles. The van der Waals surface area contributed by atoms with E-state index < -0.39 is 23.7 Å². The lowest BCUT2D eigenvalue weighted by atomic mass is 9.88. The summed E-state index contributed by atoms with van der Waals surface area (Å²) in [6, 6.07) is 0. The Morgan fingerprint density at radius 1 is 1.54 bits per heavy atom. The zero-order chi connectivity index (χ0) is 9.69. The maximum Gasteiger partial charge on any atom is 0.316 e. The third kappa shape index (κ3) is 1.09. The Morgan fingerprint density at radius 3 is 2.46 bits per heavy atom. The molecular weight excluding hydrogens is 198 g/mol. The van der Waals surface area contributed by atoms with Gasteiger partial charge in [-0.05, 0) is 23.8 Å². The van der Waals surface area contributed by atoms with Crippen molar-refractivity contribution in [1.29, 1.82) is 0 Å². The first-order valence-corrected chi connectivity index (χ1v) is 5.35. The number of alkyl halides is 2. The average Bonchev–Trinajstić information content (AvgIpc) is 2.52. The van der Waals surface area contributed by atoms with Crippen LogP contribution >= 0.6 is 11.8 Å². The fourth-order valence-corrected chi connectivity index (χ4v) is 3.43. The molecule has 13 heavy (non-hydrogen) atoms. The molecule has 1 aliphatic heterocycles. The predicted molar refractivity (Wildman–Crippen MR) is 45.1 cm³/mol. The second kappa shape index (κ2) is 2.59. The standard InChI is InChI=1S/C8H10F2O2S/c9-8(10)4-7(8,6(11)12)5-1-2-13-3-5/h5H,1-4H2,(H,11,12). The molecule has 2 aliphatic rings. The van der Waals surface area contributed by atoms with Gasteiger partial charge in [-0.2, -0.15) is 11.8 Å². The monoisotopic (exact) mass is 208 g/mol. The average molecular weight is 208 g/mol. The van der Waals surface area contributed by atoms with Gasteiger partial charge in [0.1, 0.15) is 5.41 Å². The quantitative estimate of drug-likeness (QED) is 0.752. The number of thioether (sulfide) groups is 1. The van der Waals surface area contributed by atoms with E-state index in [1.54, 1.807) is 11.8 Å². The number of carbonyl (C=O) groups is 1. The van der Waals surface area contributed by atoms with Crippen molar-refractivity contribution in [3.63, 3.8) is 0 Å². The van der Waals surface area contributed by atoms with E-state index in [1.807, 2.05) is 0 Å². The third-order valence-electron chi connectivity index (χ3n) is 3.04. The van der Waals surface area contributed by atoms with Crippen LogP contribution in [-0.2, 0) is 4.79 Å². The van der Waals surface area contributed by atoms with Crippen molar-refractivity contribution in [3.05, 3.63) is 0 Å². The van der Waals surface area contributed by atoms with Gasteiger partial charge in [-0.3, -0.25) is 4.79 Å². The lowest BCUT2D eigenvalue weighted by Crippen LogP contribution is -2.31. The van der Waals surface area contributed by atoms with Crippen molar-refractivity contribution in [2.24, 2.45) is 11.3 Å². The van der Waals surface area contributed by atoms with E-state index in [2.05, 4.69) is 0 Å². The Kier molecular flexibility index (Phi) is 1.84. The number of hydrogen-bond acceptors (Lipinski definition) is 2. The van der Waals surface area contributed by atoms with Crippen molar-refractivity contribution >= 4 is 17.7 Å². The van der Waals surface area contributed by atoms with Crippen LogP contribution < -0.4 is 0 Å². The van der Waals surface area contributed by atoms with E-state index in [1.165, 1.54) is 0 Å². The second-order valence-electron chi connectivity index (χ2n) is 3.72. The highest BCUT2D eigenvalue weighted by Gasteiger charge is 2.79. The van der Waals surface area contributed by atoms with Gasteiger partial charge >= 0.3 is 5.97 Å². The molecule has 0 aromatic rings. The van der Waals surface area contributed by atoms with Gasteiger partial charge in [-0.15, -0.1) is 0 Å². The number of carboxylic acids is 1. The second-order valence-corrected chi connectivity index (χ2v) is 4.87. The van der Waals surface area contributed by atoms with Gasteiger partial charge in [0.05, 0.1) is 0 Å². The fraction of sp³-hybridized carbons (Fsp3) is 0.875. The Morgan fingerprint density at radius 2 is 2.15 bits per heavy atom. The molecule has 5 heteroatoms. The van der Waals surface area contributed by atoms with Crippen molar-refractivity contribution in [2.75, 3.05) is 11.5 Å². The summed E-state index contributed by atoms with van der Waals surface area (Å²) in [5.74, 6) is -3.22. The first-order valence-electron chi connectivity index (χ1n) is 4.20. The van der Waals surface area contributed by atoms with E-state index in [0.717, 1.165) is 5.75 Å². The molecule has 1 N–H and O–H groups in total. The molecule has 2 atom stereocenters. The first kappa shape index (κ1) is 9.24. The van der Waals surface area contributed by atoms with Gasteiger partial charge in [0.25, 0.3) is 5.92 Å². The molecule has 2 rings (SSSR count). The Labute approximate surface area is 78.7 Å². The van der Waals surface area contributed by atoms with E-state index in [0.29, 0.717) is 12.2 Å². The molecule has 0 amide bonds. The largest absolute Gasteiger partial charge is 0.481 e. The van der Waals surface area contributed by atoms with Gasteiger partial charge in [0, 0.05) is 6.42 Å². The summed E-state index contributed by atoms with van der Waals surface area (Å²) >= 11 is 1.57. The molecule has 1 saturated heterocycles. The minimum absolute atomic E-state index is 0.329. The number of rotatable bonds is 2. The minimum Gasteiger partial charge on any atom is -0.481 e. The highest BCUT2D eigenvalue weighted by molar-refractivity contribution is 7.99. The van der Waals surface area contributed by atoms with Crippen LogP contribution in [0.4, 0.5) is 8.78 Å². The number of halogens is 2. The molecule has 0 bridgehead atoms. The Hall–Kier alpha value is -0.320. The Bertz CT molecular complexity index is 251. The van der Waals surface area contributed by atoms with E-state index in [-0.39, 0.29) is 5.92 Å². The molecule has 1 heterocycles. The highest BCUT2D eigenvalue weighted by atomic mass is 32.2. The maximum atomic E-state index is 13.0. The Balaban J connectivity index is 2.21. The van der Waals surface area contributed by atoms with Crippen LogP contribution in [0.5, 0.6) is 0 Å². The van der Waals surface area contributed by atoms with Crippen LogP contribution in [0.3, 0.4) is 0 Å². The first-order chi connectivity index (χ1) is 6.01. The zero-order valence-electron chi connectivity index (χ0n) is 6.93. The van der Waals surface area contributed by atoms with Crippen molar-refractivity contribution in [2.45, 2.75) is 18.8 Å². The minimum atomic E-state index is -2.96. The van der Waals surface area contributed by atoms with Crippen LogP contribution in [0.15, 0.2) is 0 Å². The van der Waals surface area contributed by atoms with Crippen LogP contribution in [0.2, 0.25) is 0 Å². The zero-order valence-corrected chi connectivity index (χ0v) is 7.74. The summed E-state index contributed by atoms with van der Waals surface area (Å²) in [5.41, 5.74) is -1.71. The van der Waals surface area contributed by atoms with Crippen LogP contribution in [0.1, 0.15) is 12.8 Å². The summed E-state index contributed by atoms with van der Waals surface area (Å²) in [7, 11) is 0. The van der Waals surface area contributed by atoms with Gasteiger partial charge in [-0.1, -0.05) is 0 Å². The van der Waals surface area contributed by atoms with Gasteiger partial charge < -0.3 is 5.11 Å². The molecular formula is C8H10F2O2S. The summed E-state index contributed by atoms with van der Waals surface area (Å²) in [4.78, 5) is 10.8. The highest BCUT2D eigenvalue weighted by Crippen LogP contribution is 2.67. The molecule has 74 valence electrons. The lowest BCUT2D eigenvalue weighted by Gasteiger charge is -2.17. The molecule has 2 nitrogen and oxygen atoms in total. The summed E-state index contributed by atoms with van der Waals surface area (Å²) in [6.45, 7) is 0. The van der Waals surface area contributed by atoms with E-state index in [4.69, 9.17) is 5.11 Å². The van der Waals surface area contributed by atoms with Gasteiger partial charge in [0.15, 0.2) is 0 Å². The van der Waals surface area contributed by atoms with Crippen molar-refractivity contribution in [3.8, 4) is 0 Å². The molecule has 2 unspecified atom stereocenters. The molecule has 1 saturated carbocycles. The molecule has 0 spiro atoms. The number of aliphatic carboxylic acids is 1. The molecule has 0 aromatic heterocycles. The number of carboxylic acid groups (broad SMARTS) is 1. The maximum absolute atomic E-state index is 13.0. The van der Waals surface area contributed by atoms with Gasteiger partial charge in [-0.25, -0.2) is 8.78 Å². The molecule has 2 fully saturated rings. The SMILES string of the molecule is O=C(O)C1(C2CCSC2)CC1(F)F. The van der Waals surface area contributed by atoms with Crippen molar-refractivity contribution in [1.82, 2.24) is 0 Å². The molecule has 0 radical (unpaired) electrons. The topological polar surface area (TPSA) is 37.3 Å². The summed E-state index contributed by atoms with van der Waals surface area (Å²) < 4.78 is 25.9. The normalized spacial score (nSPS) is 41.8. The van der Waals surface area contributed by atoms with Crippen LogP contribution in [0.25, 0.3) is 0 Å². The smallest absolute Gasteiger partial charge is 0.316 e. The lowest BCUT2D eigenvalue weighted by molar-refractivity contribution is -0.150. The number of hydrogen-bond donors (Lipinski definition) is 1. The van der Waals surface area contributed by atoms with Crippen LogP contribution in [-0.4, -0.2) is 28.5 Å². The molecule has 1 aliphatic carbocycles. The summed E-state index contributed by atoms with van der Waals surface area (Å²) in [5, 5.41) is 8.81. The van der Waals surface area contributed by atoms with Gasteiger partial charge in [0.2, 0.25) is 0 Å². The van der Waals surface area contributed by atoms with Crippen molar-refractivity contribution < 1.29 is 18.7 Å². The summed E-state index contributed by atoms with van der Waals surface area (Å²) in [6.07, 6.45) is 0.160. The van der Waals surface area contributed by atoms with Crippen LogP contribution in [0, 0.1) is 11.3 Å². The van der Waals surface area contributed by atoms with E-state index >= 15 is 0 Å².